The van der Waals surface area contributed by atoms with Crippen LogP contribution in [0.25, 0.3) is 0 Å². The number of nitrogens with two attached hydrogens (primary N) is 1. The first kappa shape index (κ1) is 12.8. The fourth-order valence-electron chi connectivity index (χ4n) is 2.22. The molecule has 0 spiro atoms. The first-order valence-electron chi connectivity index (χ1n) is 6.40. The fraction of sp³-hybridized carbons (Fsp3) is 0.400. The van der Waals surface area contributed by atoms with Gasteiger partial charge in [0.2, 0.25) is 0 Å². The Balaban J connectivity index is 2.22. The molecule has 18 heavy (non-hydrogen) atoms. The van der Waals surface area contributed by atoms with Crippen molar-refractivity contribution in [1.29, 1.82) is 0 Å². The van der Waals surface area contributed by atoms with Crippen LogP contribution in [0.2, 0.25) is 0 Å². The van der Waals surface area contributed by atoms with Crippen LogP contribution in [0.1, 0.15) is 33.9 Å². The lowest BCUT2D eigenvalue weighted by atomic mass is 10.0. The molecule has 0 aliphatic heterocycles. The van der Waals surface area contributed by atoms with Crippen LogP contribution in [0, 0.1) is 20.8 Å². The van der Waals surface area contributed by atoms with E-state index in [1.54, 1.807) is 0 Å². The van der Waals surface area contributed by atoms with Gasteiger partial charge in [0.25, 0.3) is 0 Å². The molecule has 2 rings (SSSR count). The molecule has 0 saturated heterocycles. The summed E-state index contributed by atoms with van der Waals surface area (Å²) in [7, 11) is 0. The number of nitrogens with one attached hydrogen (secondary N) is 1. The van der Waals surface area contributed by atoms with Gasteiger partial charge in [0.05, 0.1) is 5.69 Å². The normalized spacial score (nSPS) is 10.9. The van der Waals surface area contributed by atoms with Crippen molar-refractivity contribution in [1.82, 2.24) is 9.97 Å². The highest BCUT2D eigenvalue weighted by Crippen LogP contribution is 2.16. The fourth-order valence-corrected chi connectivity index (χ4v) is 2.22. The summed E-state index contributed by atoms with van der Waals surface area (Å²) >= 11 is 0. The molecule has 0 aliphatic carbocycles. The Morgan fingerprint density at radius 3 is 2.67 bits per heavy atom. The number of H-pyrrole nitrogens is 1. The molecule has 0 bridgehead atoms. The number of hydrogen-bond acceptors (Lipinski definition) is 2. The number of aryl methyl sites for hydroxylation is 3. The van der Waals surface area contributed by atoms with Gasteiger partial charge < -0.3 is 10.7 Å². The van der Waals surface area contributed by atoms with Gasteiger partial charge in [-0.3, -0.25) is 0 Å². The second-order valence-electron chi connectivity index (χ2n) is 4.90. The zero-order valence-corrected chi connectivity index (χ0v) is 11.4. The summed E-state index contributed by atoms with van der Waals surface area (Å²) in [5.74, 6) is 0.995. The van der Waals surface area contributed by atoms with E-state index in [-0.39, 0.29) is 0 Å². The van der Waals surface area contributed by atoms with Crippen LogP contribution in [0.5, 0.6) is 0 Å². The molecule has 1 heterocycles. The van der Waals surface area contributed by atoms with Crippen LogP contribution in [-0.2, 0) is 12.8 Å². The lowest BCUT2D eigenvalue weighted by Crippen LogP contribution is -2.04. The van der Waals surface area contributed by atoms with Crippen LogP contribution in [0.4, 0.5) is 0 Å². The third-order valence-corrected chi connectivity index (χ3v) is 3.27. The summed E-state index contributed by atoms with van der Waals surface area (Å²) in [5.41, 5.74) is 11.8. The largest absolute Gasteiger partial charge is 0.346 e. The lowest BCUT2D eigenvalue weighted by molar-refractivity contribution is 0.885. The average Bonchev–Trinajstić information content (AvgIpc) is 2.64. The van der Waals surface area contributed by atoms with Gasteiger partial charge >= 0.3 is 0 Å². The average molecular weight is 243 g/mol. The number of hydrogen-bond donors (Lipinski definition) is 2. The zero-order valence-electron chi connectivity index (χ0n) is 11.4. The summed E-state index contributed by atoms with van der Waals surface area (Å²) in [6, 6.07) is 6.57. The summed E-state index contributed by atoms with van der Waals surface area (Å²) in [4.78, 5) is 7.93. The quantitative estimate of drug-likeness (QED) is 0.866. The highest BCUT2D eigenvalue weighted by Gasteiger charge is 2.08. The molecule has 0 unspecified atom stereocenters. The van der Waals surface area contributed by atoms with Crippen molar-refractivity contribution in [3.05, 3.63) is 52.1 Å². The van der Waals surface area contributed by atoms with Gasteiger partial charge in [0.1, 0.15) is 5.82 Å². The van der Waals surface area contributed by atoms with Gasteiger partial charge in [-0.2, -0.15) is 0 Å². The number of nitrogens with zero attached hydrogens (tertiary/aromatic N) is 1. The van der Waals surface area contributed by atoms with Gasteiger partial charge in [0, 0.05) is 18.5 Å². The predicted molar refractivity (Wildman–Crippen MR) is 74.8 cm³/mol. The van der Waals surface area contributed by atoms with Crippen LogP contribution >= 0.6 is 0 Å². The van der Waals surface area contributed by atoms with E-state index in [1.807, 2.05) is 0 Å². The molecule has 3 heteroatoms. The first-order chi connectivity index (χ1) is 8.60. The molecule has 0 fully saturated rings. The van der Waals surface area contributed by atoms with Crippen LogP contribution in [-0.4, -0.2) is 16.5 Å². The molecule has 0 radical (unpaired) electrons. The molecular formula is C15H21N3. The van der Waals surface area contributed by atoms with Crippen molar-refractivity contribution in [3.8, 4) is 0 Å². The SMILES string of the molecule is Cc1ccc(Cc2nc(CCN)[nH]c2C)c(C)c1. The molecule has 0 aliphatic rings. The molecule has 0 saturated carbocycles. The Morgan fingerprint density at radius 2 is 2.00 bits per heavy atom. The highest BCUT2D eigenvalue weighted by atomic mass is 14.9. The van der Waals surface area contributed by atoms with E-state index in [0.717, 1.165) is 30.1 Å². The second-order valence-corrected chi connectivity index (χ2v) is 4.90. The molecule has 0 amide bonds. The van der Waals surface area contributed by atoms with Crippen molar-refractivity contribution >= 4 is 0 Å². The summed E-state index contributed by atoms with van der Waals surface area (Å²) in [6.07, 6.45) is 1.70. The zero-order chi connectivity index (χ0) is 13.1. The topological polar surface area (TPSA) is 54.7 Å². The van der Waals surface area contributed by atoms with Gasteiger partial charge in [-0.15, -0.1) is 0 Å². The molecule has 0 atom stereocenters. The maximum Gasteiger partial charge on any atom is 0.107 e. The minimum absolute atomic E-state index is 0.635. The van der Waals surface area contributed by atoms with Crippen molar-refractivity contribution in [2.75, 3.05) is 6.54 Å². The van der Waals surface area contributed by atoms with Crippen molar-refractivity contribution < 1.29 is 0 Å². The van der Waals surface area contributed by atoms with E-state index >= 15 is 0 Å². The maximum atomic E-state index is 5.55. The van der Waals surface area contributed by atoms with E-state index in [9.17, 15) is 0 Å². The Kier molecular flexibility index (Phi) is 3.82. The summed E-state index contributed by atoms with van der Waals surface area (Å²) in [6.45, 7) is 6.99. The number of rotatable bonds is 4. The van der Waals surface area contributed by atoms with Crippen LogP contribution in [0.15, 0.2) is 18.2 Å². The van der Waals surface area contributed by atoms with Gasteiger partial charge in [-0.1, -0.05) is 23.8 Å². The molecule has 1 aromatic heterocycles. The third kappa shape index (κ3) is 2.79. The van der Waals surface area contributed by atoms with Crippen LogP contribution in [0.3, 0.4) is 0 Å². The summed E-state index contributed by atoms with van der Waals surface area (Å²) < 4.78 is 0. The molecule has 3 nitrogen and oxygen atoms in total. The van der Waals surface area contributed by atoms with Gasteiger partial charge in [-0.25, -0.2) is 4.98 Å². The van der Waals surface area contributed by atoms with Gasteiger partial charge in [0.15, 0.2) is 0 Å². The molecular weight excluding hydrogens is 222 g/mol. The smallest absolute Gasteiger partial charge is 0.107 e. The second kappa shape index (κ2) is 5.36. The molecule has 96 valence electrons. The summed E-state index contributed by atoms with van der Waals surface area (Å²) in [5, 5.41) is 0. The lowest BCUT2D eigenvalue weighted by Gasteiger charge is -2.05. The molecule has 3 N–H and O–H groups in total. The Morgan fingerprint density at radius 1 is 1.22 bits per heavy atom. The van der Waals surface area contributed by atoms with Crippen LogP contribution < -0.4 is 5.73 Å². The Labute approximate surface area is 108 Å². The molecule has 2 aromatic rings. The van der Waals surface area contributed by atoms with Crippen molar-refractivity contribution in [2.45, 2.75) is 33.6 Å². The number of imidazole rings is 1. The standard InChI is InChI=1S/C15H21N3/c1-10-4-5-13(11(2)8-10)9-14-12(3)17-15(18-14)6-7-16/h4-5,8H,6-7,9,16H2,1-3H3,(H,17,18). The minimum atomic E-state index is 0.635. The third-order valence-electron chi connectivity index (χ3n) is 3.27. The highest BCUT2D eigenvalue weighted by molar-refractivity contribution is 5.34. The Hall–Kier alpha value is -1.61. The van der Waals surface area contributed by atoms with Crippen molar-refractivity contribution in [3.63, 3.8) is 0 Å². The first-order valence-corrected chi connectivity index (χ1v) is 6.40. The maximum absolute atomic E-state index is 5.55. The van der Waals surface area contributed by atoms with E-state index < -0.39 is 0 Å². The minimum Gasteiger partial charge on any atom is -0.346 e. The number of aromatic nitrogens is 2. The van der Waals surface area contributed by atoms with Gasteiger partial charge in [-0.05, 0) is 38.4 Å². The van der Waals surface area contributed by atoms with E-state index in [2.05, 4.69) is 48.9 Å². The van der Waals surface area contributed by atoms with E-state index in [1.165, 1.54) is 16.7 Å². The number of aromatic amines is 1. The molecule has 1 aromatic carbocycles. The Bertz CT molecular complexity index is 541. The van der Waals surface area contributed by atoms with Crippen molar-refractivity contribution in [2.24, 2.45) is 5.73 Å². The van der Waals surface area contributed by atoms with E-state index in [0.29, 0.717) is 6.54 Å². The monoisotopic (exact) mass is 243 g/mol. The predicted octanol–water partition coefficient (Wildman–Crippen LogP) is 2.43. The number of benzene rings is 1. The van der Waals surface area contributed by atoms with E-state index in [4.69, 9.17) is 5.73 Å².